The van der Waals surface area contributed by atoms with Crippen molar-refractivity contribution in [2.45, 2.75) is 38.6 Å². The van der Waals surface area contributed by atoms with Crippen molar-refractivity contribution < 1.29 is 32.6 Å². The molecule has 2 aromatic heterocycles. The largest absolute Gasteiger partial charge is 0.493 e. The Labute approximate surface area is 297 Å². The summed E-state index contributed by atoms with van der Waals surface area (Å²) in [6, 6.07) is 21.5. The first-order valence-electron chi connectivity index (χ1n) is 17.3. The summed E-state index contributed by atoms with van der Waals surface area (Å²) in [7, 11) is 6.31. The molecule has 3 aromatic carbocycles. The van der Waals surface area contributed by atoms with Crippen molar-refractivity contribution in [3.05, 3.63) is 107 Å². The number of aromatic nitrogens is 2. The summed E-state index contributed by atoms with van der Waals surface area (Å²) in [4.78, 5) is 36.5. The number of piperidine rings is 1. The molecule has 0 N–H and O–H groups in total. The second-order valence-electron chi connectivity index (χ2n) is 13.1. The number of rotatable bonds is 14. The molecule has 1 amide bonds. The number of para-hydroxylation sites is 2. The molecule has 268 valence electrons. The van der Waals surface area contributed by atoms with Crippen LogP contribution in [0.3, 0.4) is 0 Å². The van der Waals surface area contributed by atoms with Gasteiger partial charge < -0.3 is 33.0 Å². The van der Waals surface area contributed by atoms with E-state index in [0.29, 0.717) is 41.7 Å². The maximum Gasteiger partial charge on any atom is 0.253 e. The number of carbonyl (C=O) groups is 2. The van der Waals surface area contributed by atoms with E-state index in [1.54, 1.807) is 36.2 Å². The molecule has 1 unspecified atom stereocenters. The number of benzene rings is 3. The Morgan fingerprint density at radius 3 is 2.27 bits per heavy atom. The number of amides is 1. The molecular formula is C40H45FN4O6. The number of furan rings is 1. The van der Waals surface area contributed by atoms with Crippen LogP contribution in [-0.4, -0.2) is 85.6 Å². The lowest BCUT2D eigenvalue weighted by Crippen LogP contribution is -2.38. The van der Waals surface area contributed by atoms with Gasteiger partial charge in [0.05, 0.1) is 38.9 Å². The molecule has 1 aliphatic heterocycles. The molecule has 1 aliphatic rings. The van der Waals surface area contributed by atoms with Gasteiger partial charge in [-0.05, 0) is 99.9 Å². The Balaban J connectivity index is 1.12. The lowest BCUT2D eigenvalue weighted by molar-refractivity contribution is 0.0778. The van der Waals surface area contributed by atoms with Crippen molar-refractivity contribution in [1.82, 2.24) is 19.4 Å². The zero-order chi connectivity index (χ0) is 36.1. The molecule has 51 heavy (non-hydrogen) atoms. The lowest BCUT2D eigenvalue weighted by Gasteiger charge is -2.33. The van der Waals surface area contributed by atoms with Gasteiger partial charge in [0.2, 0.25) is 11.5 Å². The van der Waals surface area contributed by atoms with E-state index in [-0.39, 0.29) is 29.3 Å². The molecule has 1 atom stereocenters. The van der Waals surface area contributed by atoms with Gasteiger partial charge in [-0.15, -0.1) is 0 Å². The third-order valence-electron chi connectivity index (χ3n) is 9.83. The van der Waals surface area contributed by atoms with Gasteiger partial charge in [0.15, 0.2) is 17.3 Å². The molecule has 0 spiro atoms. The predicted octanol–water partition coefficient (Wildman–Crippen LogP) is 6.99. The van der Waals surface area contributed by atoms with Gasteiger partial charge in [-0.25, -0.2) is 9.37 Å². The van der Waals surface area contributed by atoms with E-state index in [9.17, 15) is 14.0 Å². The number of fused-ring (bicyclic) bond motifs is 1. The van der Waals surface area contributed by atoms with Gasteiger partial charge in [-0.3, -0.25) is 9.59 Å². The third-order valence-corrected chi connectivity index (χ3v) is 9.83. The number of likely N-dealkylation sites (N-methyl/N-ethyl adjacent to an activating group) is 1. The van der Waals surface area contributed by atoms with Crippen LogP contribution in [0, 0.1) is 18.7 Å². The van der Waals surface area contributed by atoms with Crippen molar-refractivity contribution in [2.24, 2.45) is 5.92 Å². The van der Waals surface area contributed by atoms with E-state index >= 15 is 0 Å². The zero-order valence-corrected chi connectivity index (χ0v) is 29.9. The number of nitrogens with zero attached hydrogens (tertiary/aromatic N) is 4. The van der Waals surface area contributed by atoms with E-state index < -0.39 is 0 Å². The molecule has 0 aliphatic carbocycles. The molecule has 6 rings (SSSR count). The van der Waals surface area contributed by atoms with Gasteiger partial charge >= 0.3 is 0 Å². The Morgan fingerprint density at radius 2 is 1.65 bits per heavy atom. The van der Waals surface area contributed by atoms with E-state index in [4.69, 9.17) is 23.6 Å². The highest BCUT2D eigenvalue weighted by Crippen LogP contribution is 2.38. The lowest BCUT2D eigenvalue weighted by atomic mass is 9.90. The topological polar surface area (TPSA) is 99.3 Å². The first-order valence-corrected chi connectivity index (χ1v) is 17.3. The van der Waals surface area contributed by atoms with Crippen molar-refractivity contribution in [2.75, 3.05) is 54.6 Å². The molecule has 3 heterocycles. The fourth-order valence-corrected chi connectivity index (χ4v) is 7.03. The van der Waals surface area contributed by atoms with Gasteiger partial charge in [-0.1, -0.05) is 24.3 Å². The van der Waals surface area contributed by atoms with Crippen LogP contribution in [-0.2, 0) is 6.54 Å². The Morgan fingerprint density at radius 1 is 0.961 bits per heavy atom. The highest BCUT2D eigenvalue weighted by molar-refractivity contribution is 5.98. The number of ether oxygens (including phenoxy) is 3. The number of imidazole rings is 1. The number of ketones is 1. The van der Waals surface area contributed by atoms with Crippen LogP contribution in [0.15, 0.2) is 77.2 Å². The fraction of sp³-hybridized carbons (Fsp3) is 0.375. The third kappa shape index (κ3) is 7.93. The van der Waals surface area contributed by atoms with Gasteiger partial charge in [0.1, 0.15) is 17.3 Å². The summed E-state index contributed by atoms with van der Waals surface area (Å²) < 4.78 is 38.1. The Hall–Kier alpha value is -5.16. The first kappa shape index (κ1) is 35.7. The minimum Gasteiger partial charge on any atom is -0.493 e. The van der Waals surface area contributed by atoms with E-state index in [1.807, 2.05) is 47.9 Å². The van der Waals surface area contributed by atoms with Crippen LogP contribution in [0.25, 0.3) is 11.0 Å². The number of hydrogen-bond donors (Lipinski definition) is 0. The number of aryl methyl sites for hydroxylation is 1. The van der Waals surface area contributed by atoms with Crippen molar-refractivity contribution in [3.8, 4) is 17.2 Å². The first-order chi connectivity index (χ1) is 24.7. The van der Waals surface area contributed by atoms with Crippen LogP contribution in [0.2, 0.25) is 0 Å². The Kier molecular flexibility index (Phi) is 11.1. The minimum absolute atomic E-state index is 0.0499. The number of halogens is 1. The van der Waals surface area contributed by atoms with E-state index in [1.165, 1.54) is 33.5 Å². The normalized spacial score (nSPS) is 14.4. The van der Waals surface area contributed by atoms with Crippen molar-refractivity contribution in [3.63, 3.8) is 0 Å². The maximum atomic E-state index is 14.0. The average molecular weight is 697 g/mol. The van der Waals surface area contributed by atoms with Crippen LogP contribution < -0.4 is 14.2 Å². The molecule has 11 heteroatoms. The molecule has 1 saturated heterocycles. The Bertz CT molecular complexity index is 1950. The van der Waals surface area contributed by atoms with Crippen molar-refractivity contribution >= 4 is 22.7 Å². The van der Waals surface area contributed by atoms with Crippen LogP contribution in [0.4, 0.5) is 4.39 Å². The predicted molar refractivity (Wildman–Crippen MR) is 193 cm³/mol. The monoisotopic (exact) mass is 696 g/mol. The summed E-state index contributed by atoms with van der Waals surface area (Å²) in [6.45, 7) is 5.07. The summed E-state index contributed by atoms with van der Waals surface area (Å²) in [5.41, 5.74) is 3.07. The zero-order valence-electron chi connectivity index (χ0n) is 29.9. The SMILES string of the molecule is COc1cc(C(=O)N(C)CC(CCN2CCC(C(=O)c3nc4ccccc4n3Cc3ccc(C)o3)CC2)c2ccc(F)cc2)cc(OC)c1OC. The molecule has 0 radical (unpaired) electrons. The minimum atomic E-state index is -0.307. The number of Topliss-reactive ketones (excluding diaryl/α,β-unsaturated/α-hetero) is 1. The quantitative estimate of drug-likeness (QED) is 0.115. The van der Waals surface area contributed by atoms with Gasteiger partial charge in [-0.2, -0.15) is 0 Å². The second kappa shape index (κ2) is 15.8. The molecular weight excluding hydrogens is 651 g/mol. The number of methoxy groups -OCH3 is 3. The van der Waals surface area contributed by atoms with Gasteiger partial charge in [0, 0.05) is 31.0 Å². The fourth-order valence-electron chi connectivity index (χ4n) is 7.03. The molecule has 10 nitrogen and oxygen atoms in total. The summed E-state index contributed by atoms with van der Waals surface area (Å²) >= 11 is 0. The van der Waals surface area contributed by atoms with E-state index in [2.05, 4.69) is 4.90 Å². The van der Waals surface area contributed by atoms with Gasteiger partial charge in [0.25, 0.3) is 5.91 Å². The molecule has 5 aromatic rings. The second-order valence-corrected chi connectivity index (χ2v) is 13.1. The number of hydrogen-bond acceptors (Lipinski definition) is 8. The van der Waals surface area contributed by atoms with Crippen molar-refractivity contribution in [1.29, 1.82) is 0 Å². The number of likely N-dealkylation sites (tertiary alicyclic amines) is 1. The average Bonchev–Trinajstić information content (AvgIpc) is 3.75. The summed E-state index contributed by atoms with van der Waals surface area (Å²) in [6.07, 6.45) is 2.20. The summed E-state index contributed by atoms with van der Waals surface area (Å²) in [5.74, 6) is 2.66. The van der Waals surface area contributed by atoms with Crippen LogP contribution in [0.1, 0.15) is 63.2 Å². The van der Waals surface area contributed by atoms with Crippen LogP contribution >= 0.6 is 0 Å². The molecule has 0 saturated carbocycles. The molecule has 0 bridgehead atoms. The van der Waals surface area contributed by atoms with Crippen LogP contribution in [0.5, 0.6) is 17.2 Å². The summed E-state index contributed by atoms with van der Waals surface area (Å²) in [5, 5.41) is 0. The molecule has 1 fully saturated rings. The maximum absolute atomic E-state index is 14.0. The highest BCUT2D eigenvalue weighted by atomic mass is 19.1. The standard InChI is InChI=1S/C40H45FN4O6/c1-26-10-15-32(51-26)25-45-34-9-7-6-8-33(34)42-39(45)37(46)28-16-19-44(20-17-28)21-18-29(27-11-13-31(41)14-12-27)24-43(2)40(47)30-22-35(48-3)38(50-5)36(23-30)49-4/h6-15,22-23,28-29H,16-21,24-25H2,1-5H3. The smallest absolute Gasteiger partial charge is 0.253 e. The van der Waals surface area contributed by atoms with E-state index in [0.717, 1.165) is 67.0 Å². The highest BCUT2D eigenvalue weighted by Gasteiger charge is 2.30. The number of carbonyl (C=O) groups excluding carboxylic acids is 2.